The maximum Gasteiger partial charge on any atom is 0.573 e. The van der Waals surface area contributed by atoms with Gasteiger partial charge in [0.15, 0.2) is 5.69 Å². The van der Waals surface area contributed by atoms with E-state index in [0.29, 0.717) is 29.3 Å². The zero-order valence-electron chi connectivity index (χ0n) is 15.9. The fourth-order valence-corrected chi connectivity index (χ4v) is 4.59. The molecule has 4 fully saturated rings. The van der Waals surface area contributed by atoms with Crippen molar-refractivity contribution >= 4 is 16.8 Å². The molecule has 2 bridgehead atoms. The Labute approximate surface area is 166 Å². The molecule has 3 aliphatic heterocycles. The number of carbonyl (C=O) groups is 1. The summed E-state index contributed by atoms with van der Waals surface area (Å²) in [5, 5.41) is 7.89. The van der Waals surface area contributed by atoms with E-state index < -0.39 is 6.36 Å². The highest BCUT2D eigenvalue weighted by molar-refractivity contribution is 6.05. The number of benzene rings is 1. The van der Waals surface area contributed by atoms with E-state index >= 15 is 0 Å². The standard InChI is InChI=1S/C20H23F3N4O2/c21-20(22,23)29-14-3-4-16-15(9-14)18(19(28)24-10-12-1-2-12)25-27(16)17-11-26-7-5-13(17)6-8-26/h3-4,9,12-13,17H,1-2,5-8,10-11H2,(H,24,28)/t17-/m1/s1. The summed E-state index contributed by atoms with van der Waals surface area (Å²) in [6.07, 6.45) is -0.444. The second-order valence-corrected chi connectivity index (χ2v) is 8.38. The number of hydrogen-bond donors (Lipinski definition) is 1. The first-order chi connectivity index (χ1) is 13.9. The van der Waals surface area contributed by atoms with Crippen LogP contribution in [0, 0.1) is 11.8 Å². The van der Waals surface area contributed by atoms with Gasteiger partial charge in [0.05, 0.1) is 11.6 Å². The first kappa shape index (κ1) is 18.7. The van der Waals surface area contributed by atoms with E-state index in [-0.39, 0.29) is 23.4 Å². The van der Waals surface area contributed by atoms with Crippen molar-refractivity contribution in [2.24, 2.45) is 11.8 Å². The van der Waals surface area contributed by atoms with Crippen LogP contribution in [0.3, 0.4) is 0 Å². The number of rotatable bonds is 5. The van der Waals surface area contributed by atoms with E-state index in [9.17, 15) is 18.0 Å². The predicted octanol–water partition coefficient (Wildman–Crippen LogP) is 3.34. The molecule has 3 saturated heterocycles. The SMILES string of the molecule is O=C(NCC1CC1)c1nn([C@@H]2CN3CCC2CC3)c2ccc(OC(F)(F)F)cc12. The van der Waals surface area contributed by atoms with Gasteiger partial charge in [0.2, 0.25) is 0 Å². The highest BCUT2D eigenvalue weighted by atomic mass is 19.4. The van der Waals surface area contributed by atoms with E-state index in [1.165, 1.54) is 12.1 Å². The Bertz CT molecular complexity index is 930. The van der Waals surface area contributed by atoms with Gasteiger partial charge in [0.1, 0.15) is 5.75 Å². The van der Waals surface area contributed by atoms with Gasteiger partial charge in [-0.25, -0.2) is 0 Å². The molecule has 4 aliphatic rings. The van der Waals surface area contributed by atoms with Crippen LogP contribution in [0.2, 0.25) is 0 Å². The smallest absolute Gasteiger partial charge is 0.406 e. The van der Waals surface area contributed by atoms with Crippen molar-refractivity contribution < 1.29 is 22.7 Å². The Morgan fingerprint density at radius 2 is 1.97 bits per heavy atom. The molecule has 1 aliphatic carbocycles. The number of aromatic nitrogens is 2. The molecular weight excluding hydrogens is 385 g/mol. The largest absolute Gasteiger partial charge is 0.573 e. The van der Waals surface area contributed by atoms with Gasteiger partial charge in [0, 0.05) is 18.5 Å². The maximum absolute atomic E-state index is 12.8. The van der Waals surface area contributed by atoms with Gasteiger partial charge in [0.25, 0.3) is 5.91 Å². The third-order valence-corrected chi connectivity index (χ3v) is 6.31. The Balaban J connectivity index is 1.53. The molecule has 9 heteroatoms. The first-order valence-electron chi connectivity index (χ1n) is 10.2. The molecule has 6 rings (SSSR count). The lowest BCUT2D eigenvalue weighted by molar-refractivity contribution is -0.274. The minimum absolute atomic E-state index is 0.124. The summed E-state index contributed by atoms with van der Waals surface area (Å²) in [7, 11) is 0. The van der Waals surface area contributed by atoms with E-state index in [0.717, 1.165) is 45.3 Å². The van der Waals surface area contributed by atoms with Crippen molar-refractivity contribution in [3.63, 3.8) is 0 Å². The van der Waals surface area contributed by atoms with Crippen LogP contribution in [0.1, 0.15) is 42.2 Å². The van der Waals surface area contributed by atoms with Gasteiger partial charge in [-0.2, -0.15) is 5.10 Å². The zero-order valence-corrected chi connectivity index (χ0v) is 15.9. The Morgan fingerprint density at radius 1 is 1.21 bits per heavy atom. The van der Waals surface area contributed by atoms with Crippen molar-refractivity contribution in [2.45, 2.75) is 38.1 Å². The van der Waals surface area contributed by atoms with Crippen molar-refractivity contribution in [1.29, 1.82) is 0 Å². The van der Waals surface area contributed by atoms with Gasteiger partial charge in [-0.1, -0.05) is 0 Å². The number of alkyl halides is 3. The molecule has 29 heavy (non-hydrogen) atoms. The molecule has 156 valence electrons. The van der Waals surface area contributed by atoms with Gasteiger partial charge in [-0.3, -0.25) is 9.48 Å². The topological polar surface area (TPSA) is 59.4 Å². The lowest BCUT2D eigenvalue weighted by Crippen LogP contribution is -2.48. The summed E-state index contributed by atoms with van der Waals surface area (Å²) in [6.45, 7) is 3.56. The molecule has 1 aromatic carbocycles. The maximum atomic E-state index is 12.8. The summed E-state index contributed by atoms with van der Waals surface area (Å²) in [6, 6.07) is 4.28. The summed E-state index contributed by atoms with van der Waals surface area (Å²) in [5.41, 5.74) is 0.847. The lowest BCUT2D eigenvalue weighted by Gasteiger charge is -2.44. The molecule has 1 N–H and O–H groups in total. The highest BCUT2D eigenvalue weighted by Gasteiger charge is 2.37. The normalized spacial score (nSPS) is 26.7. The number of halogens is 3. The van der Waals surface area contributed by atoms with Gasteiger partial charge in [-0.05, 0) is 68.8 Å². The van der Waals surface area contributed by atoms with Crippen LogP contribution in [0.5, 0.6) is 5.75 Å². The van der Waals surface area contributed by atoms with Gasteiger partial charge < -0.3 is 15.0 Å². The van der Waals surface area contributed by atoms with E-state index in [1.807, 2.05) is 4.68 Å². The number of fused-ring (bicyclic) bond motifs is 4. The van der Waals surface area contributed by atoms with Crippen LogP contribution >= 0.6 is 0 Å². The number of ether oxygens (including phenoxy) is 1. The van der Waals surface area contributed by atoms with Crippen LogP contribution in [0.15, 0.2) is 18.2 Å². The van der Waals surface area contributed by atoms with Gasteiger partial charge >= 0.3 is 6.36 Å². The lowest BCUT2D eigenvalue weighted by atomic mass is 9.84. The Hall–Kier alpha value is -2.29. The number of nitrogens with zero attached hydrogens (tertiary/aromatic N) is 3. The predicted molar refractivity (Wildman–Crippen MR) is 99.7 cm³/mol. The summed E-state index contributed by atoms with van der Waals surface area (Å²) < 4.78 is 44.0. The molecule has 0 spiro atoms. The van der Waals surface area contributed by atoms with E-state index in [1.54, 1.807) is 6.07 Å². The van der Waals surface area contributed by atoms with Crippen molar-refractivity contribution in [1.82, 2.24) is 20.0 Å². The van der Waals surface area contributed by atoms with Crippen LogP contribution < -0.4 is 10.1 Å². The monoisotopic (exact) mass is 408 g/mol. The zero-order chi connectivity index (χ0) is 20.2. The number of carbonyl (C=O) groups excluding carboxylic acids is 1. The van der Waals surface area contributed by atoms with Gasteiger partial charge in [-0.15, -0.1) is 13.2 Å². The molecule has 1 amide bonds. The molecule has 1 saturated carbocycles. The average Bonchev–Trinajstić information content (AvgIpc) is 3.45. The Kier molecular flexibility index (Phi) is 4.45. The van der Waals surface area contributed by atoms with Crippen LogP contribution in [0.4, 0.5) is 13.2 Å². The number of amides is 1. The molecule has 1 aromatic heterocycles. The summed E-state index contributed by atoms with van der Waals surface area (Å²) >= 11 is 0. The molecular formula is C20H23F3N4O2. The number of hydrogen-bond acceptors (Lipinski definition) is 4. The average molecular weight is 408 g/mol. The summed E-state index contributed by atoms with van der Waals surface area (Å²) in [4.78, 5) is 15.2. The van der Waals surface area contributed by atoms with E-state index in [2.05, 4.69) is 20.1 Å². The molecule has 1 atom stereocenters. The molecule has 6 nitrogen and oxygen atoms in total. The third kappa shape index (κ3) is 3.80. The molecule has 0 radical (unpaired) electrons. The second kappa shape index (κ2) is 6.90. The minimum Gasteiger partial charge on any atom is -0.406 e. The van der Waals surface area contributed by atoms with Crippen LogP contribution in [-0.2, 0) is 0 Å². The second-order valence-electron chi connectivity index (χ2n) is 8.38. The fraction of sp³-hybridized carbons (Fsp3) is 0.600. The first-order valence-corrected chi connectivity index (χ1v) is 10.2. The molecule has 0 unspecified atom stereocenters. The van der Waals surface area contributed by atoms with Crippen molar-refractivity contribution in [2.75, 3.05) is 26.2 Å². The van der Waals surface area contributed by atoms with Crippen LogP contribution in [0.25, 0.3) is 10.9 Å². The molecule has 4 heterocycles. The summed E-state index contributed by atoms with van der Waals surface area (Å²) in [5.74, 6) is 0.288. The fourth-order valence-electron chi connectivity index (χ4n) is 4.59. The van der Waals surface area contributed by atoms with Crippen LogP contribution in [-0.4, -0.2) is 53.1 Å². The molecule has 2 aromatic rings. The van der Waals surface area contributed by atoms with Crippen molar-refractivity contribution in [3.8, 4) is 5.75 Å². The van der Waals surface area contributed by atoms with E-state index in [4.69, 9.17) is 0 Å². The quantitative estimate of drug-likeness (QED) is 0.825. The number of piperidine rings is 3. The number of nitrogens with one attached hydrogen (secondary N) is 1. The minimum atomic E-state index is -4.78. The third-order valence-electron chi connectivity index (χ3n) is 6.31. The Morgan fingerprint density at radius 3 is 2.59 bits per heavy atom. The highest BCUT2D eigenvalue weighted by Crippen LogP contribution is 2.38. The van der Waals surface area contributed by atoms with Crippen molar-refractivity contribution in [3.05, 3.63) is 23.9 Å².